The summed E-state index contributed by atoms with van der Waals surface area (Å²) < 4.78 is 66.8. The average molecular weight is 412 g/mol. The lowest BCUT2D eigenvalue weighted by molar-refractivity contribution is -0.192. The van der Waals surface area contributed by atoms with Gasteiger partial charge in [-0.1, -0.05) is 48.0 Å². The summed E-state index contributed by atoms with van der Waals surface area (Å²) in [4.78, 5) is 12.6. The summed E-state index contributed by atoms with van der Waals surface area (Å²) in [5.41, 5.74) is 1.15. The molecule has 1 saturated heterocycles. The quantitative estimate of drug-likeness (QED) is 0.776. The second kappa shape index (κ2) is 7.56. The normalized spacial score (nSPS) is 18.9. The van der Waals surface area contributed by atoms with Crippen LogP contribution in [0.15, 0.2) is 59.5 Å². The lowest BCUT2D eigenvalue weighted by Crippen LogP contribution is -2.55. The lowest BCUT2D eigenvalue weighted by Gasteiger charge is -2.43. The highest BCUT2D eigenvalue weighted by atomic mass is 32.2. The number of hydrogen-bond acceptors (Lipinski definition) is 3. The van der Waals surface area contributed by atoms with E-state index in [9.17, 15) is 26.4 Å². The fraction of sp³-hybridized carbons (Fsp3) is 0.316. The molecular weight excluding hydrogens is 393 g/mol. The van der Waals surface area contributed by atoms with Crippen molar-refractivity contribution in [2.45, 2.75) is 30.6 Å². The van der Waals surface area contributed by atoms with Gasteiger partial charge in [-0.05, 0) is 31.0 Å². The summed E-state index contributed by atoms with van der Waals surface area (Å²) in [6, 6.07) is 14.0. The maximum Gasteiger partial charge on any atom is 0.471 e. The van der Waals surface area contributed by atoms with Crippen LogP contribution in [0.4, 0.5) is 13.2 Å². The zero-order chi connectivity index (χ0) is 20.5. The Morgan fingerprint density at radius 1 is 1.00 bits per heavy atom. The minimum atomic E-state index is -5.09. The van der Waals surface area contributed by atoms with Crippen molar-refractivity contribution in [1.29, 1.82) is 0 Å². The SMILES string of the molecule is Cc1ccc(S(=O)(=O)N2CCCN(C(=O)C(F)(F)F)[C@H]2c2ccccc2)cc1. The Morgan fingerprint density at radius 2 is 1.61 bits per heavy atom. The van der Waals surface area contributed by atoms with E-state index in [0.717, 1.165) is 9.87 Å². The summed E-state index contributed by atoms with van der Waals surface area (Å²) in [5, 5.41) is 0. The Bertz CT molecular complexity index is 945. The fourth-order valence-electron chi connectivity index (χ4n) is 3.24. The largest absolute Gasteiger partial charge is 0.471 e. The van der Waals surface area contributed by atoms with Gasteiger partial charge >= 0.3 is 12.1 Å². The van der Waals surface area contributed by atoms with Gasteiger partial charge in [0.1, 0.15) is 6.17 Å². The first-order valence-corrected chi connectivity index (χ1v) is 10.1. The highest BCUT2D eigenvalue weighted by Gasteiger charge is 2.49. The number of alkyl halides is 3. The molecule has 0 saturated carbocycles. The number of sulfonamides is 1. The Hall–Kier alpha value is -2.39. The van der Waals surface area contributed by atoms with E-state index in [4.69, 9.17) is 0 Å². The number of benzene rings is 2. The number of hydrogen-bond donors (Lipinski definition) is 0. The van der Waals surface area contributed by atoms with Gasteiger partial charge in [-0.3, -0.25) is 4.79 Å². The molecule has 0 aromatic heterocycles. The highest BCUT2D eigenvalue weighted by molar-refractivity contribution is 7.89. The van der Waals surface area contributed by atoms with E-state index >= 15 is 0 Å². The third kappa shape index (κ3) is 3.90. The Kier molecular flexibility index (Phi) is 5.49. The molecule has 1 aliphatic heterocycles. The van der Waals surface area contributed by atoms with E-state index in [2.05, 4.69) is 0 Å². The molecule has 5 nitrogen and oxygen atoms in total. The molecule has 1 fully saturated rings. The van der Waals surface area contributed by atoms with Gasteiger partial charge in [-0.25, -0.2) is 8.42 Å². The van der Waals surface area contributed by atoms with Gasteiger partial charge in [-0.2, -0.15) is 17.5 Å². The smallest absolute Gasteiger partial charge is 0.314 e. The molecule has 0 unspecified atom stereocenters. The van der Waals surface area contributed by atoms with Crippen LogP contribution in [0.1, 0.15) is 23.7 Å². The van der Waals surface area contributed by atoms with Crippen LogP contribution in [0.5, 0.6) is 0 Å². The van der Waals surface area contributed by atoms with Gasteiger partial charge in [-0.15, -0.1) is 0 Å². The van der Waals surface area contributed by atoms with Crippen LogP contribution in [-0.4, -0.2) is 42.8 Å². The highest BCUT2D eigenvalue weighted by Crippen LogP contribution is 2.36. The second-order valence-electron chi connectivity index (χ2n) is 6.56. The summed E-state index contributed by atoms with van der Waals surface area (Å²) in [5.74, 6) is -2.05. The van der Waals surface area contributed by atoms with Crippen LogP contribution in [0.3, 0.4) is 0 Å². The standard InChI is InChI=1S/C19H19F3N2O3S/c1-14-8-10-16(11-9-14)28(26,27)24-13-5-12-23(18(25)19(20,21)22)17(24)15-6-3-2-4-7-15/h2-4,6-11,17H,5,12-13H2,1H3/t17-/m1/s1. The third-order valence-corrected chi connectivity index (χ3v) is 6.44. The summed E-state index contributed by atoms with van der Waals surface area (Å²) >= 11 is 0. The molecule has 0 spiro atoms. The second-order valence-corrected chi connectivity index (χ2v) is 8.45. The zero-order valence-electron chi connectivity index (χ0n) is 15.1. The molecule has 9 heteroatoms. The van der Waals surface area contributed by atoms with Gasteiger partial charge in [0.25, 0.3) is 0 Å². The Balaban J connectivity index is 2.10. The van der Waals surface area contributed by atoms with Crippen LogP contribution in [-0.2, 0) is 14.8 Å². The number of amides is 1. The van der Waals surface area contributed by atoms with Crippen molar-refractivity contribution in [1.82, 2.24) is 9.21 Å². The predicted molar refractivity (Wildman–Crippen MR) is 96.6 cm³/mol. The van der Waals surface area contributed by atoms with Gasteiger partial charge in [0.2, 0.25) is 10.0 Å². The van der Waals surface area contributed by atoms with Crippen molar-refractivity contribution in [3.8, 4) is 0 Å². The number of aryl methyl sites for hydroxylation is 1. The van der Waals surface area contributed by atoms with Crippen LogP contribution in [0.2, 0.25) is 0 Å². The first kappa shape index (κ1) is 20.3. The van der Waals surface area contributed by atoms with Gasteiger partial charge in [0.05, 0.1) is 4.90 Å². The maximum absolute atomic E-state index is 13.2. The molecule has 150 valence electrons. The topological polar surface area (TPSA) is 57.7 Å². The predicted octanol–water partition coefficient (Wildman–Crippen LogP) is 3.48. The van der Waals surface area contributed by atoms with Crippen molar-refractivity contribution in [3.63, 3.8) is 0 Å². The zero-order valence-corrected chi connectivity index (χ0v) is 15.9. The number of carbonyl (C=O) groups excluding carboxylic acids is 1. The van der Waals surface area contributed by atoms with E-state index in [-0.39, 0.29) is 24.4 Å². The molecule has 1 aliphatic rings. The minimum Gasteiger partial charge on any atom is -0.314 e. The number of rotatable bonds is 3. The van der Waals surface area contributed by atoms with E-state index < -0.39 is 28.3 Å². The van der Waals surface area contributed by atoms with Crippen molar-refractivity contribution in [2.24, 2.45) is 0 Å². The van der Waals surface area contributed by atoms with Crippen LogP contribution in [0.25, 0.3) is 0 Å². The molecule has 0 aliphatic carbocycles. The number of halogens is 3. The van der Waals surface area contributed by atoms with Crippen molar-refractivity contribution in [2.75, 3.05) is 13.1 Å². The molecule has 28 heavy (non-hydrogen) atoms. The molecule has 0 N–H and O–H groups in total. The fourth-order valence-corrected chi connectivity index (χ4v) is 4.86. The van der Waals surface area contributed by atoms with Gasteiger partial charge < -0.3 is 4.90 Å². The third-order valence-electron chi connectivity index (χ3n) is 4.57. The van der Waals surface area contributed by atoms with Crippen LogP contribution < -0.4 is 0 Å². The summed E-state index contributed by atoms with van der Waals surface area (Å²) in [7, 11) is -4.12. The molecule has 3 rings (SSSR count). The van der Waals surface area contributed by atoms with E-state index in [1.54, 1.807) is 37.3 Å². The van der Waals surface area contributed by atoms with E-state index in [1.165, 1.54) is 24.3 Å². The molecule has 1 amide bonds. The van der Waals surface area contributed by atoms with Gasteiger partial charge in [0.15, 0.2) is 0 Å². The average Bonchev–Trinajstić information content (AvgIpc) is 2.67. The first-order valence-electron chi connectivity index (χ1n) is 8.63. The molecule has 2 aromatic carbocycles. The number of nitrogens with zero attached hydrogens (tertiary/aromatic N) is 2. The molecule has 0 radical (unpaired) electrons. The van der Waals surface area contributed by atoms with E-state index in [1.807, 2.05) is 0 Å². The monoisotopic (exact) mass is 412 g/mol. The van der Waals surface area contributed by atoms with Crippen LogP contribution >= 0.6 is 0 Å². The van der Waals surface area contributed by atoms with E-state index in [0.29, 0.717) is 10.5 Å². The molecule has 0 bridgehead atoms. The number of carbonyl (C=O) groups is 1. The molecular formula is C19H19F3N2O3S. The van der Waals surface area contributed by atoms with Crippen molar-refractivity contribution < 1.29 is 26.4 Å². The molecule has 2 aromatic rings. The van der Waals surface area contributed by atoms with Crippen LogP contribution in [0, 0.1) is 6.92 Å². The minimum absolute atomic E-state index is 0.0113. The Morgan fingerprint density at radius 3 is 2.18 bits per heavy atom. The van der Waals surface area contributed by atoms with Crippen molar-refractivity contribution >= 4 is 15.9 Å². The summed E-state index contributed by atoms with van der Waals surface area (Å²) in [6.07, 6.45) is -6.35. The molecule has 1 atom stereocenters. The molecule has 1 heterocycles. The Labute approximate surface area is 161 Å². The first-order chi connectivity index (χ1) is 13.1. The maximum atomic E-state index is 13.2. The van der Waals surface area contributed by atoms with Crippen molar-refractivity contribution in [3.05, 3.63) is 65.7 Å². The van der Waals surface area contributed by atoms with Gasteiger partial charge in [0, 0.05) is 13.1 Å². The lowest BCUT2D eigenvalue weighted by atomic mass is 10.1. The summed E-state index contributed by atoms with van der Waals surface area (Å²) in [6.45, 7) is 1.63.